The van der Waals surface area contributed by atoms with E-state index in [9.17, 15) is 0 Å². The molecular weight excluding hydrogens is 372 g/mol. The van der Waals surface area contributed by atoms with Gasteiger partial charge in [0.05, 0.1) is 0 Å². The monoisotopic (exact) mass is 420 g/mol. The topological polar surface area (TPSA) is 0 Å². The van der Waals surface area contributed by atoms with E-state index in [0.717, 1.165) is 6.42 Å². The van der Waals surface area contributed by atoms with E-state index < -0.39 is 0 Å². The molecule has 0 aliphatic rings. The second-order valence-corrected chi connectivity index (χ2v) is 13.5. The molecule has 0 bridgehead atoms. The predicted octanol–water partition coefficient (Wildman–Crippen LogP) is 9.42. The van der Waals surface area contributed by atoms with Gasteiger partial charge in [-0.05, 0) is 61.5 Å². The van der Waals surface area contributed by atoms with Crippen LogP contribution in [0.5, 0.6) is 0 Å². The van der Waals surface area contributed by atoms with Crippen molar-refractivity contribution in [1.29, 1.82) is 0 Å². The van der Waals surface area contributed by atoms with E-state index >= 15 is 0 Å². The van der Waals surface area contributed by atoms with Crippen molar-refractivity contribution in [2.24, 2.45) is 0 Å². The summed E-state index contributed by atoms with van der Waals surface area (Å²) in [7, 11) is 0. The van der Waals surface area contributed by atoms with Crippen LogP contribution in [0.25, 0.3) is 0 Å². The molecule has 0 saturated heterocycles. The van der Waals surface area contributed by atoms with Gasteiger partial charge in [0.15, 0.2) is 0 Å². The van der Waals surface area contributed by atoms with Crippen molar-refractivity contribution < 1.29 is 0 Å². The summed E-state index contributed by atoms with van der Waals surface area (Å²) in [5.41, 5.74) is 9.50. The maximum atomic E-state index is 2.44. The molecule has 0 radical (unpaired) electrons. The quantitative estimate of drug-likeness (QED) is 0.464. The zero-order valence-corrected chi connectivity index (χ0v) is 22.7. The highest BCUT2D eigenvalue weighted by Gasteiger charge is 2.35. The summed E-state index contributed by atoms with van der Waals surface area (Å²) in [5.74, 6) is 0.390. The van der Waals surface area contributed by atoms with E-state index in [1.54, 1.807) is 11.1 Å². The van der Waals surface area contributed by atoms with E-state index in [0.29, 0.717) is 5.92 Å². The standard InChI is InChI=1S/C31H48/c1-14-21(22-17-15-16-18-23(22)28(2,3)4)26-24(29(5,6)7)19-20-25(30(8,9)10)27(26)31(11,12)13/h15-21H,14H2,1-13H3. The molecule has 31 heavy (non-hydrogen) atoms. The molecule has 0 spiro atoms. The van der Waals surface area contributed by atoms with Crippen molar-refractivity contribution in [3.05, 3.63) is 69.8 Å². The van der Waals surface area contributed by atoms with E-state index in [-0.39, 0.29) is 21.7 Å². The van der Waals surface area contributed by atoms with E-state index in [4.69, 9.17) is 0 Å². The maximum absolute atomic E-state index is 2.44. The Bertz CT molecular complexity index is 899. The molecule has 0 aliphatic heterocycles. The summed E-state index contributed by atoms with van der Waals surface area (Å²) in [6.07, 6.45) is 1.10. The molecule has 0 heteroatoms. The molecular formula is C31H48. The molecule has 0 nitrogen and oxygen atoms in total. The average molecular weight is 421 g/mol. The van der Waals surface area contributed by atoms with Crippen molar-refractivity contribution in [2.45, 2.75) is 124 Å². The molecule has 0 saturated carbocycles. The normalized spacial score (nSPS) is 14.6. The lowest BCUT2D eigenvalue weighted by atomic mass is 9.65. The van der Waals surface area contributed by atoms with Crippen LogP contribution < -0.4 is 0 Å². The molecule has 2 rings (SSSR count). The first kappa shape index (κ1) is 25.7. The maximum Gasteiger partial charge on any atom is 0.00956 e. The van der Waals surface area contributed by atoms with Crippen LogP contribution in [-0.2, 0) is 21.7 Å². The SMILES string of the molecule is CCC(c1ccccc1C(C)(C)C)c1c(C(C)(C)C)ccc(C(C)(C)C)c1C(C)(C)C. The molecule has 0 aliphatic carbocycles. The molecule has 0 aromatic heterocycles. The summed E-state index contributed by atoms with van der Waals surface area (Å²) in [5, 5.41) is 0. The predicted molar refractivity (Wildman–Crippen MR) is 140 cm³/mol. The summed E-state index contributed by atoms with van der Waals surface area (Å²) < 4.78 is 0. The van der Waals surface area contributed by atoms with Gasteiger partial charge in [-0.2, -0.15) is 0 Å². The van der Waals surface area contributed by atoms with E-state index in [1.807, 2.05) is 0 Å². The van der Waals surface area contributed by atoms with Crippen LogP contribution in [0.3, 0.4) is 0 Å². The molecule has 1 atom stereocenters. The summed E-state index contributed by atoms with van der Waals surface area (Å²) in [4.78, 5) is 0. The molecule has 0 heterocycles. The number of hydrogen-bond donors (Lipinski definition) is 0. The lowest BCUT2D eigenvalue weighted by Crippen LogP contribution is -2.29. The van der Waals surface area contributed by atoms with Crippen LogP contribution in [0.15, 0.2) is 36.4 Å². The average Bonchev–Trinajstić information content (AvgIpc) is 2.59. The minimum atomic E-state index is 0.0727. The fourth-order valence-corrected chi connectivity index (χ4v) is 5.13. The zero-order valence-electron chi connectivity index (χ0n) is 22.7. The Balaban J connectivity index is 3.07. The molecule has 0 N–H and O–H groups in total. The lowest BCUT2D eigenvalue weighted by molar-refractivity contribution is 0.505. The third-order valence-corrected chi connectivity index (χ3v) is 6.51. The molecule has 2 aromatic rings. The van der Waals surface area contributed by atoms with Gasteiger partial charge in [-0.3, -0.25) is 0 Å². The first-order valence-electron chi connectivity index (χ1n) is 12.2. The Morgan fingerprint density at radius 1 is 0.548 bits per heavy atom. The van der Waals surface area contributed by atoms with Gasteiger partial charge in [-0.25, -0.2) is 0 Å². The van der Waals surface area contributed by atoms with E-state index in [2.05, 4.69) is 126 Å². The lowest BCUT2D eigenvalue weighted by Gasteiger charge is -2.39. The molecule has 0 fully saturated rings. The Hall–Kier alpha value is -1.56. The third kappa shape index (κ3) is 5.44. The van der Waals surface area contributed by atoms with Gasteiger partial charge in [0.1, 0.15) is 0 Å². The minimum absolute atomic E-state index is 0.0727. The molecule has 172 valence electrons. The highest BCUT2D eigenvalue weighted by molar-refractivity contribution is 5.55. The molecule has 1 unspecified atom stereocenters. The summed E-state index contributed by atoms with van der Waals surface area (Å²) >= 11 is 0. The Kier molecular flexibility index (Phi) is 6.98. The fourth-order valence-electron chi connectivity index (χ4n) is 5.13. The Morgan fingerprint density at radius 3 is 1.42 bits per heavy atom. The van der Waals surface area contributed by atoms with Gasteiger partial charge < -0.3 is 0 Å². The van der Waals surface area contributed by atoms with Gasteiger partial charge in [0.2, 0.25) is 0 Å². The van der Waals surface area contributed by atoms with Crippen LogP contribution in [-0.4, -0.2) is 0 Å². The highest BCUT2D eigenvalue weighted by Crippen LogP contribution is 2.47. The first-order valence-corrected chi connectivity index (χ1v) is 12.2. The van der Waals surface area contributed by atoms with Crippen molar-refractivity contribution >= 4 is 0 Å². The van der Waals surface area contributed by atoms with Crippen molar-refractivity contribution in [2.75, 3.05) is 0 Å². The van der Waals surface area contributed by atoms with Crippen LogP contribution in [0.1, 0.15) is 136 Å². The van der Waals surface area contributed by atoms with Gasteiger partial charge in [-0.15, -0.1) is 0 Å². The number of hydrogen-bond acceptors (Lipinski definition) is 0. The minimum Gasteiger partial charge on any atom is -0.0645 e. The smallest absolute Gasteiger partial charge is 0.00956 e. The van der Waals surface area contributed by atoms with Crippen LogP contribution in [0.2, 0.25) is 0 Å². The summed E-state index contributed by atoms with van der Waals surface area (Å²) in [6, 6.07) is 14.0. The first-order chi connectivity index (χ1) is 13.9. The molecule has 2 aromatic carbocycles. The fraction of sp³-hybridized carbons (Fsp3) is 0.613. The van der Waals surface area contributed by atoms with Gasteiger partial charge in [0, 0.05) is 5.92 Å². The summed E-state index contributed by atoms with van der Waals surface area (Å²) in [6.45, 7) is 30.8. The van der Waals surface area contributed by atoms with Crippen molar-refractivity contribution in [3.63, 3.8) is 0 Å². The van der Waals surface area contributed by atoms with Gasteiger partial charge in [0.25, 0.3) is 0 Å². The number of benzene rings is 2. The van der Waals surface area contributed by atoms with Crippen LogP contribution in [0.4, 0.5) is 0 Å². The molecule has 0 amide bonds. The van der Waals surface area contributed by atoms with E-state index in [1.165, 1.54) is 22.3 Å². The Labute approximate surface area is 193 Å². The van der Waals surface area contributed by atoms with Crippen LogP contribution >= 0.6 is 0 Å². The number of rotatable bonds is 3. The second kappa shape index (κ2) is 8.42. The Morgan fingerprint density at radius 2 is 1.00 bits per heavy atom. The third-order valence-electron chi connectivity index (χ3n) is 6.51. The van der Waals surface area contributed by atoms with Gasteiger partial charge >= 0.3 is 0 Å². The highest BCUT2D eigenvalue weighted by atomic mass is 14.4. The van der Waals surface area contributed by atoms with Crippen molar-refractivity contribution in [1.82, 2.24) is 0 Å². The second-order valence-electron chi connectivity index (χ2n) is 13.5. The largest absolute Gasteiger partial charge is 0.0645 e. The van der Waals surface area contributed by atoms with Crippen LogP contribution in [0, 0.1) is 0 Å². The van der Waals surface area contributed by atoms with Crippen molar-refractivity contribution in [3.8, 4) is 0 Å². The van der Waals surface area contributed by atoms with Gasteiger partial charge in [-0.1, -0.05) is 126 Å². The zero-order chi connectivity index (χ0) is 24.0.